The van der Waals surface area contributed by atoms with Crippen molar-refractivity contribution in [1.29, 1.82) is 0 Å². The Kier molecular flexibility index (Phi) is 3.59. The second kappa shape index (κ2) is 5.30. The molecule has 1 fully saturated rings. The van der Waals surface area contributed by atoms with Crippen molar-refractivity contribution in [3.8, 4) is 0 Å². The summed E-state index contributed by atoms with van der Waals surface area (Å²) >= 11 is 0. The maximum atomic E-state index is 12.4. The zero-order chi connectivity index (χ0) is 15.9. The minimum Gasteiger partial charge on any atom is -0.444 e. The molecule has 2 heterocycles. The van der Waals surface area contributed by atoms with Crippen LogP contribution in [0.3, 0.4) is 0 Å². The summed E-state index contributed by atoms with van der Waals surface area (Å²) in [7, 11) is 0. The summed E-state index contributed by atoms with van der Waals surface area (Å²) in [5.41, 5.74) is 2.47. The number of hydrogen-bond donors (Lipinski definition) is 1. The van der Waals surface area contributed by atoms with E-state index in [0.29, 0.717) is 13.0 Å². The van der Waals surface area contributed by atoms with Crippen LogP contribution in [-0.4, -0.2) is 29.0 Å². The van der Waals surface area contributed by atoms with Crippen molar-refractivity contribution in [3.05, 3.63) is 29.3 Å². The van der Waals surface area contributed by atoms with Crippen LogP contribution in [0.25, 0.3) is 0 Å². The summed E-state index contributed by atoms with van der Waals surface area (Å²) < 4.78 is 5.50. The average molecular weight is 302 g/mol. The van der Waals surface area contributed by atoms with Gasteiger partial charge >= 0.3 is 6.09 Å². The summed E-state index contributed by atoms with van der Waals surface area (Å²) in [5.74, 6) is 0.0302. The lowest BCUT2D eigenvalue weighted by Gasteiger charge is -2.29. The fraction of sp³-hybridized carbons (Fsp3) is 0.529. The molecule has 1 unspecified atom stereocenters. The number of hydrogen-bond acceptors (Lipinski definition) is 3. The van der Waals surface area contributed by atoms with E-state index in [-0.39, 0.29) is 18.0 Å². The highest BCUT2D eigenvalue weighted by molar-refractivity contribution is 5.99. The number of nitrogens with zero attached hydrogens (tertiary/aromatic N) is 1. The first kappa shape index (κ1) is 14.9. The molecule has 1 N–H and O–H groups in total. The van der Waals surface area contributed by atoms with Crippen molar-refractivity contribution in [2.75, 3.05) is 11.9 Å². The van der Waals surface area contributed by atoms with Gasteiger partial charge in [-0.05, 0) is 50.8 Å². The lowest BCUT2D eigenvalue weighted by molar-refractivity contribution is -0.115. The van der Waals surface area contributed by atoms with E-state index in [4.69, 9.17) is 4.74 Å². The molecule has 0 aliphatic carbocycles. The van der Waals surface area contributed by atoms with Crippen LogP contribution in [-0.2, 0) is 16.0 Å². The highest BCUT2D eigenvalue weighted by atomic mass is 16.6. The maximum absolute atomic E-state index is 12.4. The normalized spacial score (nSPS) is 20.8. The molecule has 5 heteroatoms. The molecule has 2 aliphatic heterocycles. The maximum Gasteiger partial charge on any atom is 0.410 e. The van der Waals surface area contributed by atoms with E-state index in [0.717, 1.165) is 29.7 Å². The van der Waals surface area contributed by atoms with Crippen molar-refractivity contribution in [2.24, 2.45) is 0 Å². The standard InChI is InChI=1S/C17H22N2O3/c1-17(2,3)22-16(21)19-8-4-5-14(19)12-7-6-11-10-15(20)18-13(11)9-12/h6-7,9,14H,4-5,8,10H2,1-3H3,(H,18,20). The smallest absolute Gasteiger partial charge is 0.410 e. The third-order valence-electron chi connectivity index (χ3n) is 4.02. The van der Waals surface area contributed by atoms with Crippen LogP contribution in [0.4, 0.5) is 10.5 Å². The van der Waals surface area contributed by atoms with Gasteiger partial charge < -0.3 is 15.0 Å². The monoisotopic (exact) mass is 302 g/mol. The molecule has 0 spiro atoms. The number of likely N-dealkylation sites (tertiary alicyclic amines) is 1. The SMILES string of the molecule is CC(C)(C)OC(=O)N1CCCC1c1ccc2c(c1)NC(=O)C2. The first-order chi connectivity index (χ1) is 10.3. The molecule has 2 amide bonds. The Hall–Kier alpha value is -2.04. The van der Waals surface area contributed by atoms with Crippen LogP contribution < -0.4 is 5.32 Å². The van der Waals surface area contributed by atoms with Gasteiger partial charge in [-0.15, -0.1) is 0 Å². The van der Waals surface area contributed by atoms with E-state index < -0.39 is 5.60 Å². The van der Waals surface area contributed by atoms with Crippen LogP contribution in [0.2, 0.25) is 0 Å². The lowest BCUT2D eigenvalue weighted by Crippen LogP contribution is -2.36. The fourth-order valence-corrected chi connectivity index (χ4v) is 3.09. The molecule has 3 rings (SSSR count). The number of nitrogens with one attached hydrogen (secondary N) is 1. The van der Waals surface area contributed by atoms with Gasteiger partial charge in [0.15, 0.2) is 0 Å². The molecule has 0 radical (unpaired) electrons. The van der Waals surface area contributed by atoms with Crippen LogP contribution in [0, 0.1) is 0 Å². The van der Waals surface area contributed by atoms with E-state index in [9.17, 15) is 9.59 Å². The summed E-state index contributed by atoms with van der Waals surface area (Å²) in [6, 6.07) is 6.02. The number of carbonyl (C=O) groups excluding carboxylic acids is 2. The van der Waals surface area contributed by atoms with Crippen molar-refractivity contribution in [2.45, 2.75) is 51.7 Å². The van der Waals surface area contributed by atoms with Crippen molar-refractivity contribution in [1.82, 2.24) is 4.90 Å². The zero-order valence-corrected chi connectivity index (χ0v) is 13.3. The second-order valence-corrected chi connectivity index (χ2v) is 6.97. The van der Waals surface area contributed by atoms with Crippen LogP contribution >= 0.6 is 0 Å². The molecule has 1 atom stereocenters. The Bertz CT molecular complexity index is 619. The minimum absolute atomic E-state index is 0.0256. The number of benzene rings is 1. The van der Waals surface area contributed by atoms with Gasteiger partial charge in [-0.25, -0.2) is 4.79 Å². The van der Waals surface area contributed by atoms with Gasteiger partial charge in [-0.3, -0.25) is 4.79 Å². The van der Waals surface area contributed by atoms with E-state index in [2.05, 4.69) is 5.32 Å². The Morgan fingerprint density at radius 2 is 2.14 bits per heavy atom. The third-order valence-corrected chi connectivity index (χ3v) is 4.02. The first-order valence-electron chi connectivity index (χ1n) is 7.76. The topological polar surface area (TPSA) is 58.6 Å². The number of fused-ring (bicyclic) bond motifs is 1. The summed E-state index contributed by atoms with van der Waals surface area (Å²) in [4.78, 5) is 25.6. The number of rotatable bonds is 1. The van der Waals surface area contributed by atoms with Gasteiger partial charge in [0.1, 0.15) is 5.60 Å². The minimum atomic E-state index is -0.490. The van der Waals surface area contributed by atoms with Gasteiger partial charge in [0.2, 0.25) is 5.91 Å². The quantitative estimate of drug-likeness (QED) is 0.866. The van der Waals surface area contributed by atoms with Crippen LogP contribution in [0.15, 0.2) is 18.2 Å². The van der Waals surface area contributed by atoms with Gasteiger partial charge in [0, 0.05) is 12.2 Å². The number of carbonyl (C=O) groups is 2. The van der Waals surface area contributed by atoms with Gasteiger partial charge in [-0.1, -0.05) is 12.1 Å². The Morgan fingerprint density at radius 1 is 1.36 bits per heavy atom. The Labute approximate surface area is 130 Å². The van der Waals surface area contributed by atoms with Crippen LogP contribution in [0.5, 0.6) is 0 Å². The molecule has 1 aromatic carbocycles. The van der Waals surface area contributed by atoms with E-state index in [1.807, 2.05) is 39.0 Å². The van der Waals surface area contributed by atoms with E-state index in [1.165, 1.54) is 0 Å². The van der Waals surface area contributed by atoms with Crippen molar-refractivity contribution < 1.29 is 14.3 Å². The van der Waals surface area contributed by atoms with Gasteiger partial charge in [0.05, 0.1) is 12.5 Å². The largest absolute Gasteiger partial charge is 0.444 e. The number of amides is 2. The van der Waals surface area contributed by atoms with Crippen molar-refractivity contribution in [3.63, 3.8) is 0 Å². The Balaban J connectivity index is 1.80. The molecule has 22 heavy (non-hydrogen) atoms. The number of ether oxygens (including phenoxy) is 1. The van der Waals surface area contributed by atoms with Crippen LogP contribution in [0.1, 0.15) is 50.8 Å². The lowest BCUT2D eigenvalue weighted by atomic mass is 10.0. The molecular formula is C17H22N2O3. The summed E-state index contributed by atoms with van der Waals surface area (Å²) in [5, 5.41) is 2.87. The Morgan fingerprint density at radius 3 is 2.86 bits per heavy atom. The zero-order valence-electron chi connectivity index (χ0n) is 13.3. The predicted octanol–water partition coefficient (Wildman–Crippen LogP) is 3.25. The fourth-order valence-electron chi connectivity index (χ4n) is 3.09. The first-order valence-corrected chi connectivity index (χ1v) is 7.76. The highest BCUT2D eigenvalue weighted by Crippen LogP contribution is 2.36. The summed E-state index contributed by atoms with van der Waals surface area (Å²) in [6.07, 6.45) is 2.06. The molecule has 5 nitrogen and oxygen atoms in total. The molecule has 0 aromatic heterocycles. The molecule has 1 saturated heterocycles. The van der Waals surface area contributed by atoms with E-state index >= 15 is 0 Å². The average Bonchev–Trinajstić information content (AvgIpc) is 2.99. The number of anilines is 1. The van der Waals surface area contributed by atoms with E-state index in [1.54, 1.807) is 4.90 Å². The molecular weight excluding hydrogens is 280 g/mol. The predicted molar refractivity (Wildman–Crippen MR) is 83.7 cm³/mol. The third kappa shape index (κ3) is 2.93. The molecule has 0 bridgehead atoms. The van der Waals surface area contributed by atoms with Gasteiger partial charge in [0.25, 0.3) is 0 Å². The molecule has 1 aromatic rings. The second-order valence-electron chi connectivity index (χ2n) is 6.97. The summed E-state index contributed by atoms with van der Waals surface area (Å²) in [6.45, 7) is 6.34. The molecule has 118 valence electrons. The van der Waals surface area contributed by atoms with Gasteiger partial charge in [-0.2, -0.15) is 0 Å². The molecule has 2 aliphatic rings. The molecule has 0 saturated carbocycles. The highest BCUT2D eigenvalue weighted by Gasteiger charge is 2.33. The van der Waals surface area contributed by atoms with Crippen molar-refractivity contribution >= 4 is 17.7 Å².